The van der Waals surface area contributed by atoms with Crippen molar-refractivity contribution >= 4 is 0 Å². The molecule has 0 unspecified atom stereocenters. The van der Waals surface area contributed by atoms with Crippen molar-refractivity contribution < 1.29 is 0 Å². The molecule has 1 fully saturated rings. The molecule has 1 aromatic rings. The first kappa shape index (κ1) is 12.6. The summed E-state index contributed by atoms with van der Waals surface area (Å²) in [4.78, 5) is 0. The summed E-state index contributed by atoms with van der Waals surface area (Å²) in [5, 5.41) is 3.70. The van der Waals surface area contributed by atoms with Crippen LogP contribution in [0, 0.1) is 5.92 Å². The van der Waals surface area contributed by atoms with Crippen molar-refractivity contribution in [1.82, 2.24) is 5.32 Å². The van der Waals surface area contributed by atoms with Gasteiger partial charge >= 0.3 is 0 Å². The zero-order valence-corrected chi connectivity index (χ0v) is 11.2. The van der Waals surface area contributed by atoms with Gasteiger partial charge < -0.3 is 5.32 Å². The van der Waals surface area contributed by atoms with E-state index in [-0.39, 0.29) is 5.54 Å². The van der Waals surface area contributed by atoms with Gasteiger partial charge in [-0.25, -0.2) is 0 Å². The molecule has 2 rings (SSSR count). The second-order valence-electron chi connectivity index (χ2n) is 6.03. The SMILES string of the molecule is CC(C)(CCc1ccccc1)NCCC1CC1. The van der Waals surface area contributed by atoms with Gasteiger partial charge in [-0.1, -0.05) is 43.2 Å². The lowest BCUT2D eigenvalue weighted by atomic mass is 9.95. The first-order valence-electron chi connectivity index (χ1n) is 6.95. The van der Waals surface area contributed by atoms with Crippen LogP contribution in [0.15, 0.2) is 30.3 Å². The summed E-state index contributed by atoms with van der Waals surface area (Å²) < 4.78 is 0. The van der Waals surface area contributed by atoms with Gasteiger partial charge in [-0.2, -0.15) is 0 Å². The smallest absolute Gasteiger partial charge is 0.0128 e. The fourth-order valence-electron chi connectivity index (χ4n) is 2.21. The minimum absolute atomic E-state index is 0.269. The average Bonchev–Trinajstić information content (AvgIpc) is 3.12. The molecule has 1 heteroatoms. The molecular weight excluding hydrogens is 206 g/mol. The number of nitrogens with one attached hydrogen (secondary N) is 1. The Kier molecular flexibility index (Phi) is 4.22. The Hall–Kier alpha value is -0.820. The van der Waals surface area contributed by atoms with E-state index in [0.717, 1.165) is 5.92 Å². The van der Waals surface area contributed by atoms with E-state index in [1.165, 1.54) is 44.2 Å². The summed E-state index contributed by atoms with van der Waals surface area (Å²) >= 11 is 0. The van der Waals surface area contributed by atoms with Crippen LogP contribution in [0.4, 0.5) is 0 Å². The van der Waals surface area contributed by atoms with Crippen LogP contribution in [0.1, 0.15) is 45.1 Å². The molecule has 1 N–H and O–H groups in total. The van der Waals surface area contributed by atoms with E-state index in [0.29, 0.717) is 0 Å². The minimum atomic E-state index is 0.269. The molecule has 1 saturated carbocycles. The number of benzene rings is 1. The van der Waals surface area contributed by atoms with Crippen molar-refractivity contribution in [2.45, 2.75) is 51.5 Å². The fraction of sp³-hybridized carbons (Fsp3) is 0.625. The second-order valence-corrected chi connectivity index (χ2v) is 6.03. The summed E-state index contributed by atoms with van der Waals surface area (Å²) in [5.74, 6) is 1.03. The van der Waals surface area contributed by atoms with Crippen LogP contribution in [0.3, 0.4) is 0 Å². The van der Waals surface area contributed by atoms with E-state index in [4.69, 9.17) is 0 Å². The quantitative estimate of drug-likeness (QED) is 0.753. The molecule has 0 saturated heterocycles. The zero-order valence-electron chi connectivity index (χ0n) is 11.2. The van der Waals surface area contributed by atoms with Crippen LogP contribution in [-0.4, -0.2) is 12.1 Å². The predicted octanol–water partition coefficient (Wildman–Crippen LogP) is 3.79. The van der Waals surface area contributed by atoms with Gasteiger partial charge in [0.15, 0.2) is 0 Å². The lowest BCUT2D eigenvalue weighted by Crippen LogP contribution is -2.40. The number of hydrogen-bond acceptors (Lipinski definition) is 1. The molecule has 0 atom stereocenters. The lowest BCUT2D eigenvalue weighted by Gasteiger charge is -2.26. The lowest BCUT2D eigenvalue weighted by molar-refractivity contribution is 0.357. The average molecular weight is 231 g/mol. The molecule has 0 aromatic heterocycles. The van der Waals surface area contributed by atoms with Gasteiger partial charge in [-0.15, -0.1) is 0 Å². The number of aryl methyl sites for hydroxylation is 1. The molecule has 94 valence electrons. The summed E-state index contributed by atoms with van der Waals surface area (Å²) in [5.41, 5.74) is 1.72. The molecule has 0 spiro atoms. The Balaban J connectivity index is 1.68. The highest BCUT2D eigenvalue weighted by molar-refractivity contribution is 5.15. The summed E-state index contributed by atoms with van der Waals surface area (Å²) in [6.07, 6.45) is 6.68. The van der Waals surface area contributed by atoms with Crippen molar-refractivity contribution in [2.75, 3.05) is 6.54 Å². The van der Waals surface area contributed by atoms with Gasteiger partial charge in [0.25, 0.3) is 0 Å². The van der Waals surface area contributed by atoms with E-state index >= 15 is 0 Å². The molecule has 1 nitrogen and oxygen atoms in total. The van der Waals surface area contributed by atoms with Gasteiger partial charge in [0, 0.05) is 5.54 Å². The van der Waals surface area contributed by atoms with Crippen molar-refractivity contribution in [3.05, 3.63) is 35.9 Å². The maximum absolute atomic E-state index is 3.70. The molecular formula is C16H25N. The monoisotopic (exact) mass is 231 g/mol. The van der Waals surface area contributed by atoms with E-state index < -0.39 is 0 Å². The Morgan fingerprint density at radius 2 is 1.88 bits per heavy atom. The normalized spacial score (nSPS) is 16.1. The van der Waals surface area contributed by atoms with Gasteiger partial charge in [-0.05, 0) is 51.1 Å². The van der Waals surface area contributed by atoms with E-state index in [2.05, 4.69) is 49.5 Å². The molecule has 1 aliphatic rings. The maximum Gasteiger partial charge on any atom is 0.0128 e. The van der Waals surface area contributed by atoms with E-state index in [1.807, 2.05) is 0 Å². The van der Waals surface area contributed by atoms with Crippen molar-refractivity contribution in [3.8, 4) is 0 Å². The molecule has 17 heavy (non-hydrogen) atoms. The highest BCUT2D eigenvalue weighted by Crippen LogP contribution is 2.32. The van der Waals surface area contributed by atoms with Gasteiger partial charge in [0.1, 0.15) is 0 Å². The molecule has 0 bridgehead atoms. The van der Waals surface area contributed by atoms with Gasteiger partial charge in [0.2, 0.25) is 0 Å². The van der Waals surface area contributed by atoms with Crippen LogP contribution in [-0.2, 0) is 6.42 Å². The van der Waals surface area contributed by atoms with Crippen LogP contribution in [0.2, 0.25) is 0 Å². The zero-order chi connectivity index (χ0) is 12.1. The maximum atomic E-state index is 3.70. The third kappa shape index (κ3) is 4.91. The van der Waals surface area contributed by atoms with Crippen molar-refractivity contribution in [1.29, 1.82) is 0 Å². The number of rotatable bonds is 7. The molecule has 1 aromatic carbocycles. The Bertz CT molecular complexity index is 325. The highest BCUT2D eigenvalue weighted by Gasteiger charge is 2.22. The Morgan fingerprint density at radius 3 is 2.53 bits per heavy atom. The number of hydrogen-bond donors (Lipinski definition) is 1. The van der Waals surface area contributed by atoms with Crippen LogP contribution in [0.5, 0.6) is 0 Å². The molecule has 0 heterocycles. The van der Waals surface area contributed by atoms with Crippen LogP contribution in [0.25, 0.3) is 0 Å². The third-order valence-corrected chi connectivity index (χ3v) is 3.73. The first-order chi connectivity index (χ1) is 8.16. The van der Waals surface area contributed by atoms with Crippen molar-refractivity contribution in [2.24, 2.45) is 5.92 Å². The van der Waals surface area contributed by atoms with Crippen LogP contribution >= 0.6 is 0 Å². The standard InChI is InChI=1S/C16H25N/c1-16(2,17-13-11-15-8-9-15)12-10-14-6-4-3-5-7-14/h3-7,15,17H,8-13H2,1-2H3. The Morgan fingerprint density at radius 1 is 1.18 bits per heavy atom. The summed E-state index contributed by atoms with van der Waals surface area (Å²) in [7, 11) is 0. The van der Waals surface area contributed by atoms with Crippen LogP contribution < -0.4 is 5.32 Å². The van der Waals surface area contributed by atoms with Crippen molar-refractivity contribution in [3.63, 3.8) is 0 Å². The molecule has 0 aliphatic heterocycles. The molecule has 1 aliphatic carbocycles. The highest BCUT2D eigenvalue weighted by atomic mass is 14.9. The van der Waals surface area contributed by atoms with E-state index in [9.17, 15) is 0 Å². The third-order valence-electron chi connectivity index (χ3n) is 3.73. The second kappa shape index (κ2) is 5.68. The molecule has 0 amide bonds. The first-order valence-corrected chi connectivity index (χ1v) is 6.95. The van der Waals surface area contributed by atoms with Gasteiger partial charge in [-0.3, -0.25) is 0 Å². The van der Waals surface area contributed by atoms with Gasteiger partial charge in [0.05, 0.1) is 0 Å². The van der Waals surface area contributed by atoms with E-state index in [1.54, 1.807) is 0 Å². The largest absolute Gasteiger partial charge is 0.312 e. The summed E-state index contributed by atoms with van der Waals surface area (Å²) in [6, 6.07) is 10.8. The fourth-order valence-corrected chi connectivity index (χ4v) is 2.21. The minimum Gasteiger partial charge on any atom is -0.312 e. The summed E-state index contributed by atoms with van der Waals surface area (Å²) in [6.45, 7) is 5.83. The topological polar surface area (TPSA) is 12.0 Å². The predicted molar refractivity (Wildman–Crippen MR) is 74.2 cm³/mol. The Labute approximate surface area is 106 Å². The molecule has 0 radical (unpaired) electrons.